The molecule has 1 saturated heterocycles. The van der Waals surface area contributed by atoms with E-state index in [0.717, 1.165) is 6.07 Å². The lowest BCUT2D eigenvalue weighted by Gasteiger charge is -2.24. The monoisotopic (exact) mass is 439 g/mol. The first-order valence-electron chi connectivity index (χ1n) is 9.48. The molecule has 0 bridgehead atoms. The van der Waals surface area contributed by atoms with Crippen molar-refractivity contribution in [2.24, 2.45) is 5.92 Å². The molecule has 1 fully saturated rings. The summed E-state index contributed by atoms with van der Waals surface area (Å²) in [6.07, 6.45) is -5.92. The highest BCUT2D eigenvalue weighted by Crippen LogP contribution is 2.49. The van der Waals surface area contributed by atoms with Gasteiger partial charge in [-0.3, -0.25) is 9.59 Å². The minimum Gasteiger partial charge on any atom is -0.483 e. The predicted octanol–water partition coefficient (Wildman–Crippen LogP) is 3.86. The van der Waals surface area contributed by atoms with Crippen LogP contribution in [0.1, 0.15) is 28.9 Å². The number of para-hydroxylation sites is 2. The number of amides is 1. The molecule has 0 N–H and O–H groups in total. The fourth-order valence-corrected chi connectivity index (χ4v) is 4.02. The maximum atomic E-state index is 14.3. The number of halogens is 4. The molecule has 10 heteroatoms. The van der Waals surface area contributed by atoms with Crippen LogP contribution in [0.15, 0.2) is 42.5 Å². The van der Waals surface area contributed by atoms with Gasteiger partial charge in [0.05, 0.1) is 18.2 Å². The summed E-state index contributed by atoms with van der Waals surface area (Å²) in [4.78, 5) is 27.0. The summed E-state index contributed by atoms with van der Waals surface area (Å²) in [6.45, 7) is 1.54. The van der Waals surface area contributed by atoms with Gasteiger partial charge in [-0.15, -0.1) is 13.2 Å². The van der Waals surface area contributed by atoms with Gasteiger partial charge in [-0.05, 0) is 25.1 Å². The topological polar surface area (TPSA) is 65.1 Å². The van der Waals surface area contributed by atoms with Gasteiger partial charge in [0.15, 0.2) is 11.6 Å². The average Bonchev–Trinajstić information content (AvgIpc) is 3.25. The van der Waals surface area contributed by atoms with E-state index in [1.54, 1.807) is 13.0 Å². The number of nitrogens with zero attached hydrogens (tertiary/aromatic N) is 1. The number of hydrogen-bond acceptors (Lipinski definition) is 5. The number of carbonyl (C=O) groups is 2. The smallest absolute Gasteiger partial charge is 0.483 e. The minimum atomic E-state index is -5.00. The van der Waals surface area contributed by atoms with Crippen molar-refractivity contribution in [3.8, 4) is 11.5 Å². The van der Waals surface area contributed by atoms with Crippen LogP contribution in [-0.2, 0) is 9.53 Å². The van der Waals surface area contributed by atoms with E-state index < -0.39 is 47.9 Å². The van der Waals surface area contributed by atoms with E-state index in [4.69, 9.17) is 9.47 Å². The van der Waals surface area contributed by atoms with Gasteiger partial charge in [-0.2, -0.15) is 0 Å². The molecule has 164 valence electrons. The second-order valence-electron chi connectivity index (χ2n) is 7.05. The van der Waals surface area contributed by atoms with Crippen molar-refractivity contribution in [3.05, 3.63) is 59.4 Å². The molecule has 0 unspecified atom stereocenters. The first-order valence-corrected chi connectivity index (χ1v) is 9.48. The Hall–Kier alpha value is -3.30. The molecule has 2 aromatic carbocycles. The third-order valence-electron chi connectivity index (χ3n) is 5.20. The number of esters is 1. The molecule has 0 radical (unpaired) electrons. The number of fused-ring (bicyclic) bond motifs is 3. The Morgan fingerprint density at radius 3 is 2.61 bits per heavy atom. The molecule has 1 amide bonds. The van der Waals surface area contributed by atoms with E-state index in [9.17, 15) is 27.2 Å². The Balaban J connectivity index is 1.74. The third kappa shape index (κ3) is 3.77. The largest absolute Gasteiger partial charge is 0.573 e. The number of rotatable bonds is 4. The molecule has 0 spiro atoms. The SMILES string of the molecule is CCOC(=O)[C@@H]1CN(C(=O)c2ccccc2OC(F)(F)F)[C@H]2c3cccc(F)c3O[C@@H]12. The third-order valence-corrected chi connectivity index (χ3v) is 5.20. The molecule has 2 aliphatic rings. The summed E-state index contributed by atoms with van der Waals surface area (Å²) >= 11 is 0. The number of ether oxygens (including phenoxy) is 3. The second-order valence-corrected chi connectivity index (χ2v) is 7.05. The Bertz CT molecular complexity index is 1030. The van der Waals surface area contributed by atoms with Gasteiger partial charge in [0.1, 0.15) is 17.8 Å². The van der Waals surface area contributed by atoms with Crippen molar-refractivity contribution in [2.45, 2.75) is 25.4 Å². The van der Waals surface area contributed by atoms with Gasteiger partial charge in [0.25, 0.3) is 5.91 Å². The zero-order valence-electron chi connectivity index (χ0n) is 16.2. The Morgan fingerprint density at radius 2 is 1.90 bits per heavy atom. The molecule has 0 aromatic heterocycles. The van der Waals surface area contributed by atoms with Crippen molar-refractivity contribution in [1.82, 2.24) is 4.90 Å². The van der Waals surface area contributed by atoms with Crippen molar-refractivity contribution in [2.75, 3.05) is 13.2 Å². The Morgan fingerprint density at radius 1 is 1.16 bits per heavy atom. The fraction of sp³-hybridized carbons (Fsp3) is 0.333. The van der Waals surface area contributed by atoms with E-state index in [1.807, 2.05) is 0 Å². The molecule has 4 rings (SSSR count). The summed E-state index contributed by atoms with van der Waals surface area (Å²) < 4.78 is 67.4. The van der Waals surface area contributed by atoms with E-state index in [0.29, 0.717) is 5.56 Å². The summed E-state index contributed by atoms with van der Waals surface area (Å²) in [5.41, 5.74) is -0.00712. The highest BCUT2D eigenvalue weighted by molar-refractivity contribution is 5.98. The van der Waals surface area contributed by atoms with Gasteiger partial charge in [-0.1, -0.05) is 24.3 Å². The number of benzene rings is 2. The van der Waals surface area contributed by atoms with Crippen LogP contribution >= 0.6 is 0 Å². The second kappa shape index (κ2) is 7.75. The number of likely N-dealkylation sites (tertiary alicyclic amines) is 1. The van der Waals surface area contributed by atoms with Crippen molar-refractivity contribution in [3.63, 3.8) is 0 Å². The molecule has 2 heterocycles. The molecule has 0 saturated carbocycles. The lowest BCUT2D eigenvalue weighted by molar-refractivity contribution is -0.274. The van der Waals surface area contributed by atoms with Gasteiger partial charge >= 0.3 is 12.3 Å². The van der Waals surface area contributed by atoms with Crippen LogP contribution in [0.2, 0.25) is 0 Å². The molecule has 6 nitrogen and oxygen atoms in total. The number of alkyl halides is 3. The van der Waals surface area contributed by atoms with E-state index >= 15 is 0 Å². The number of hydrogen-bond donors (Lipinski definition) is 0. The molecule has 2 aromatic rings. The molecule has 3 atom stereocenters. The molecule has 31 heavy (non-hydrogen) atoms. The van der Waals surface area contributed by atoms with E-state index in [-0.39, 0.29) is 24.5 Å². The van der Waals surface area contributed by atoms with Gasteiger partial charge < -0.3 is 19.1 Å². The van der Waals surface area contributed by atoms with Crippen LogP contribution in [-0.4, -0.2) is 42.4 Å². The summed E-state index contributed by atoms with van der Waals surface area (Å²) in [5, 5.41) is 0. The quantitative estimate of drug-likeness (QED) is 0.535. The number of carbonyl (C=O) groups excluding carboxylic acids is 2. The van der Waals surface area contributed by atoms with Crippen LogP contribution in [0.25, 0.3) is 0 Å². The van der Waals surface area contributed by atoms with Crippen molar-refractivity contribution < 1.29 is 41.4 Å². The van der Waals surface area contributed by atoms with E-state index in [1.165, 1.54) is 35.2 Å². The zero-order valence-corrected chi connectivity index (χ0v) is 16.2. The standard InChI is InChI=1S/C21H17F4NO5/c1-2-29-20(28)13-10-26(16-12-7-5-8-14(22)17(12)30-18(13)16)19(27)11-6-3-4-9-15(11)31-21(23,24)25/h3-9,13,16,18H,2,10H2,1H3/t13-,16+,18+/m1/s1. The van der Waals surface area contributed by atoms with Crippen LogP contribution < -0.4 is 9.47 Å². The molecule has 0 aliphatic carbocycles. The maximum Gasteiger partial charge on any atom is 0.573 e. The van der Waals surface area contributed by atoms with Crippen LogP contribution in [0.5, 0.6) is 11.5 Å². The Kier molecular flexibility index (Phi) is 5.24. The van der Waals surface area contributed by atoms with Crippen LogP contribution in [0.4, 0.5) is 17.6 Å². The minimum absolute atomic E-state index is 0.0875. The normalized spacial score (nSPS) is 21.8. The van der Waals surface area contributed by atoms with Crippen LogP contribution in [0, 0.1) is 11.7 Å². The Labute approximate surface area is 174 Å². The van der Waals surface area contributed by atoms with E-state index in [2.05, 4.69) is 4.74 Å². The lowest BCUT2D eigenvalue weighted by atomic mass is 9.98. The summed E-state index contributed by atoms with van der Waals surface area (Å²) in [6, 6.07) is 8.20. The van der Waals surface area contributed by atoms with Gasteiger partial charge in [-0.25, -0.2) is 4.39 Å². The molecular formula is C21H17F4NO5. The summed E-state index contributed by atoms with van der Waals surface area (Å²) in [7, 11) is 0. The first-order chi connectivity index (χ1) is 14.7. The molecule has 2 aliphatic heterocycles. The van der Waals surface area contributed by atoms with Crippen LogP contribution in [0.3, 0.4) is 0 Å². The zero-order chi connectivity index (χ0) is 22.3. The predicted molar refractivity (Wildman–Crippen MR) is 97.8 cm³/mol. The average molecular weight is 439 g/mol. The molecular weight excluding hydrogens is 422 g/mol. The fourth-order valence-electron chi connectivity index (χ4n) is 4.02. The lowest BCUT2D eigenvalue weighted by Crippen LogP contribution is -2.33. The van der Waals surface area contributed by atoms with Gasteiger partial charge in [0, 0.05) is 12.1 Å². The van der Waals surface area contributed by atoms with Gasteiger partial charge in [0.2, 0.25) is 0 Å². The maximum absolute atomic E-state index is 14.3. The van der Waals surface area contributed by atoms with Crippen molar-refractivity contribution in [1.29, 1.82) is 0 Å². The van der Waals surface area contributed by atoms with Crippen molar-refractivity contribution >= 4 is 11.9 Å². The highest BCUT2D eigenvalue weighted by atomic mass is 19.4. The first kappa shape index (κ1) is 21.0. The summed E-state index contributed by atoms with van der Waals surface area (Å²) in [5.74, 6) is -3.80. The highest BCUT2D eigenvalue weighted by Gasteiger charge is 2.55.